The Morgan fingerprint density at radius 3 is 2.33 bits per heavy atom. The molecule has 126 valence electrons. The summed E-state index contributed by atoms with van der Waals surface area (Å²) in [6.07, 6.45) is 6.84. The van der Waals surface area contributed by atoms with Crippen LogP contribution in [0.1, 0.15) is 42.5 Å². The molecule has 1 aliphatic heterocycles. The molecule has 2 aliphatic rings. The van der Waals surface area contributed by atoms with Crippen LogP contribution in [-0.2, 0) is 0 Å². The molecule has 1 saturated heterocycles. The molecule has 2 aromatic carbocycles. The van der Waals surface area contributed by atoms with Gasteiger partial charge in [0.2, 0.25) is 0 Å². The largest absolute Gasteiger partial charge is 0.336 e. The van der Waals surface area contributed by atoms with E-state index in [1.54, 1.807) is 0 Å². The Morgan fingerprint density at radius 2 is 1.54 bits per heavy atom. The van der Waals surface area contributed by atoms with Crippen LogP contribution in [-0.4, -0.2) is 47.9 Å². The van der Waals surface area contributed by atoms with E-state index >= 15 is 0 Å². The van der Waals surface area contributed by atoms with Crippen molar-refractivity contribution in [1.29, 1.82) is 0 Å². The second-order valence-electron chi connectivity index (χ2n) is 7.15. The van der Waals surface area contributed by atoms with Crippen LogP contribution in [0.2, 0.25) is 0 Å². The summed E-state index contributed by atoms with van der Waals surface area (Å²) in [4.78, 5) is 17.7. The molecule has 2 fully saturated rings. The zero-order valence-electron chi connectivity index (χ0n) is 14.3. The van der Waals surface area contributed by atoms with Crippen LogP contribution in [0.25, 0.3) is 10.8 Å². The van der Waals surface area contributed by atoms with Gasteiger partial charge in [0.15, 0.2) is 0 Å². The number of carbonyl (C=O) groups is 1. The van der Waals surface area contributed by atoms with Crippen molar-refractivity contribution in [2.45, 2.75) is 38.1 Å². The van der Waals surface area contributed by atoms with Crippen molar-refractivity contribution in [1.82, 2.24) is 9.80 Å². The van der Waals surface area contributed by atoms with Gasteiger partial charge in [-0.1, -0.05) is 55.7 Å². The molecule has 3 heteroatoms. The topological polar surface area (TPSA) is 23.6 Å². The van der Waals surface area contributed by atoms with Crippen LogP contribution in [0, 0.1) is 0 Å². The smallest absolute Gasteiger partial charge is 0.254 e. The summed E-state index contributed by atoms with van der Waals surface area (Å²) in [7, 11) is 0. The maximum Gasteiger partial charge on any atom is 0.254 e. The maximum atomic E-state index is 13.0. The lowest BCUT2D eigenvalue weighted by molar-refractivity contribution is 0.0525. The predicted octanol–water partition coefficient (Wildman–Crippen LogP) is 3.93. The highest BCUT2D eigenvalue weighted by molar-refractivity contribution is 6.07. The second-order valence-corrected chi connectivity index (χ2v) is 7.15. The highest BCUT2D eigenvalue weighted by atomic mass is 16.2. The lowest BCUT2D eigenvalue weighted by Gasteiger charge is -2.40. The number of amides is 1. The Hall–Kier alpha value is -1.87. The van der Waals surface area contributed by atoms with Crippen molar-refractivity contribution in [3.05, 3.63) is 48.0 Å². The number of nitrogens with zero attached hydrogens (tertiary/aromatic N) is 2. The van der Waals surface area contributed by atoms with Gasteiger partial charge in [0.25, 0.3) is 5.91 Å². The van der Waals surface area contributed by atoms with Crippen LogP contribution < -0.4 is 0 Å². The highest BCUT2D eigenvalue weighted by Gasteiger charge is 2.27. The van der Waals surface area contributed by atoms with E-state index in [0.29, 0.717) is 0 Å². The van der Waals surface area contributed by atoms with Crippen LogP contribution in [0.4, 0.5) is 0 Å². The zero-order chi connectivity index (χ0) is 16.4. The fourth-order valence-electron chi connectivity index (χ4n) is 4.32. The van der Waals surface area contributed by atoms with E-state index in [1.165, 1.54) is 32.1 Å². The lowest BCUT2D eigenvalue weighted by Crippen LogP contribution is -2.52. The van der Waals surface area contributed by atoms with Gasteiger partial charge in [-0.15, -0.1) is 0 Å². The number of hydrogen-bond donors (Lipinski definition) is 0. The number of fused-ring (bicyclic) bond motifs is 1. The monoisotopic (exact) mass is 322 g/mol. The molecule has 0 bridgehead atoms. The molecule has 1 saturated carbocycles. The molecule has 0 unspecified atom stereocenters. The van der Waals surface area contributed by atoms with E-state index in [0.717, 1.165) is 48.6 Å². The first kappa shape index (κ1) is 15.6. The van der Waals surface area contributed by atoms with Gasteiger partial charge in [-0.25, -0.2) is 0 Å². The molecular weight excluding hydrogens is 296 g/mol. The van der Waals surface area contributed by atoms with E-state index in [2.05, 4.69) is 23.1 Å². The molecule has 3 nitrogen and oxygen atoms in total. The minimum atomic E-state index is 0.190. The van der Waals surface area contributed by atoms with Crippen molar-refractivity contribution in [2.75, 3.05) is 26.2 Å². The third kappa shape index (κ3) is 3.05. The van der Waals surface area contributed by atoms with Gasteiger partial charge in [-0.3, -0.25) is 9.69 Å². The average molecular weight is 322 g/mol. The molecule has 0 atom stereocenters. The van der Waals surface area contributed by atoms with E-state index in [4.69, 9.17) is 0 Å². The molecule has 0 N–H and O–H groups in total. The molecule has 0 aromatic heterocycles. The average Bonchev–Trinajstić information content (AvgIpc) is 2.68. The van der Waals surface area contributed by atoms with Crippen molar-refractivity contribution in [3.63, 3.8) is 0 Å². The Labute approximate surface area is 144 Å². The van der Waals surface area contributed by atoms with E-state index < -0.39 is 0 Å². The Balaban J connectivity index is 1.46. The maximum absolute atomic E-state index is 13.0. The summed E-state index contributed by atoms with van der Waals surface area (Å²) in [6.45, 7) is 3.78. The molecule has 1 aliphatic carbocycles. The second kappa shape index (κ2) is 6.94. The van der Waals surface area contributed by atoms with Gasteiger partial charge in [0, 0.05) is 37.8 Å². The van der Waals surface area contributed by atoms with Crippen molar-refractivity contribution < 1.29 is 4.79 Å². The molecule has 2 aromatic rings. The summed E-state index contributed by atoms with van der Waals surface area (Å²) >= 11 is 0. The van der Waals surface area contributed by atoms with Crippen molar-refractivity contribution in [2.24, 2.45) is 0 Å². The first-order valence-electron chi connectivity index (χ1n) is 9.34. The highest BCUT2D eigenvalue weighted by Crippen LogP contribution is 2.25. The Bertz CT molecular complexity index is 707. The van der Waals surface area contributed by atoms with Gasteiger partial charge in [-0.05, 0) is 29.7 Å². The SMILES string of the molecule is O=C(c1cccc2ccccc12)N1CCN(C2CCCCC2)CC1. The van der Waals surface area contributed by atoms with Gasteiger partial charge < -0.3 is 4.90 Å². The minimum Gasteiger partial charge on any atom is -0.336 e. The standard InChI is InChI=1S/C21H26N2O/c24-21(20-12-6-8-17-7-4-5-11-19(17)20)23-15-13-22(14-16-23)18-9-2-1-3-10-18/h4-8,11-12,18H,1-3,9-10,13-16H2. The van der Waals surface area contributed by atoms with Gasteiger partial charge in [0.1, 0.15) is 0 Å². The molecule has 0 spiro atoms. The lowest BCUT2D eigenvalue weighted by atomic mass is 9.94. The van der Waals surface area contributed by atoms with Gasteiger partial charge in [-0.2, -0.15) is 0 Å². The quantitative estimate of drug-likeness (QED) is 0.836. The summed E-state index contributed by atoms with van der Waals surface area (Å²) in [5.74, 6) is 0.190. The third-order valence-corrected chi connectivity index (χ3v) is 5.71. The van der Waals surface area contributed by atoms with Gasteiger partial charge >= 0.3 is 0 Å². The van der Waals surface area contributed by atoms with Crippen molar-refractivity contribution in [3.8, 4) is 0 Å². The Morgan fingerprint density at radius 1 is 0.833 bits per heavy atom. The van der Waals surface area contributed by atoms with E-state index in [9.17, 15) is 4.79 Å². The molecule has 0 radical (unpaired) electrons. The Kier molecular flexibility index (Phi) is 4.52. The summed E-state index contributed by atoms with van der Waals surface area (Å²) < 4.78 is 0. The van der Waals surface area contributed by atoms with Gasteiger partial charge in [0.05, 0.1) is 0 Å². The number of benzene rings is 2. The first-order valence-corrected chi connectivity index (χ1v) is 9.34. The summed E-state index contributed by atoms with van der Waals surface area (Å²) in [5.41, 5.74) is 0.846. The summed E-state index contributed by atoms with van der Waals surface area (Å²) in [6, 6.07) is 15.0. The number of rotatable bonds is 2. The van der Waals surface area contributed by atoms with Crippen LogP contribution >= 0.6 is 0 Å². The van der Waals surface area contributed by atoms with E-state index in [1.807, 2.05) is 29.2 Å². The number of carbonyl (C=O) groups excluding carboxylic acids is 1. The van der Waals surface area contributed by atoms with Crippen LogP contribution in [0.5, 0.6) is 0 Å². The van der Waals surface area contributed by atoms with Crippen molar-refractivity contribution >= 4 is 16.7 Å². The molecule has 1 amide bonds. The zero-order valence-corrected chi connectivity index (χ0v) is 14.3. The van der Waals surface area contributed by atoms with Crippen LogP contribution in [0.15, 0.2) is 42.5 Å². The molecule has 24 heavy (non-hydrogen) atoms. The fourth-order valence-corrected chi connectivity index (χ4v) is 4.32. The minimum absolute atomic E-state index is 0.190. The molecule has 4 rings (SSSR count). The predicted molar refractivity (Wildman–Crippen MR) is 98.3 cm³/mol. The number of piperazine rings is 1. The van der Waals surface area contributed by atoms with E-state index in [-0.39, 0.29) is 5.91 Å². The third-order valence-electron chi connectivity index (χ3n) is 5.71. The summed E-state index contributed by atoms with van der Waals surface area (Å²) in [5, 5.41) is 2.21. The number of hydrogen-bond acceptors (Lipinski definition) is 2. The van der Waals surface area contributed by atoms with Crippen LogP contribution in [0.3, 0.4) is 0 Å². The normalized spacial score (nSPS) is 20.4. The fraction of sp³-hybridized carbons (Fsp3) is 0.476. The first-order chi connectivity index (χ1) is 11.8. The molecular formula is C21H26N2O. The molecule has 1 heterocycles.